The van der Waals surface area contributed by atoms with Crippen LogP contribution in [0.1, 0.15) is 23.3 Å². The van der Waals surface area contributed by atoms with Crippen molar-refractivity contribution in [2.45, 2.75) is 18.9 Å². The molecule has 1 fully saturated rings. The van der Waals surface area contributed by atoms with E-state index in [9.17, 15) is 9.90 Å². The van der Waals surface area contributed by atoms with E-state index in [1.807, 2.05) is 47.3 Å². The molecule has 0 unspecified atom stereocenters. The Balaban J connectivity index is 1.14. The first-order chi connectivity index (χ1) is 18.1. The lowest BCUT2D eigenvalue weighted by Crippen LogP contribution is -2.35. The zero-order valence-electron chi connectivity index (χ0n) is 20.1. The van der Waals surface area contributed by atoms with Gasteiger partial charge in [0, 0.05) is 47.4 Å². The number of rotatable bonds is 6. The van der Waals surface area contributed by atoms with Crippen molar-refractivity contribution < 1.29 is 9.90 Å². The summed E-state index contributed by atoms with van der Waals surface area (Å²) in [6.45, 7) is 1.77. The zero-order chi connectivity index (χ0) is 25.2. The molecule has 6 rings (SSSR count). The molecule has 0 atom stereocenters. The van der Waals surface area contributed by atoms with Gasteiger partial charge in [0.2, 0.25) is 0 Å². The third-order valence-electron chi connectivity index (χ3n) is 6.66. The summed E-state index contributed by atoms with van der Waals surface area (Å²) in [5.74, 6) is -0.264. The number of aromatic amines is 1. The van der Waals surface area contributed by atoms with Gasteiger partial charge in [0.1, 0.15) is 5.69 Å². The second-order valence-electron chi connectivity index (χ2n) is 9.18. The first-order valence-corrected chi connectivity index (χ1v) is 12.3. The Morgan fingerprint density at radius 3 is 2.32 bits per heavy atom. The summed E-state index contributed by atoms with van der Waals surface area (Å²) in [5.41, 5.74) is 6.09. The Morgan fingerprint density at radius 2 is 1.59 bits per heavy atom. The molecule has 1 saturated heterocycles. The number of H-pyrrole nitrogens is 1. The average Bonchev–Trinajstić information content (AvgIpc) is 3.61. The van der Waals surface area contributed by atoms with Crippen molar-refractivity contribution in [3.8, 4) is 5.69 Å². The molecule has 9 nitrogen and oxygen atoms in total. The Morgan fingerprint density at radius 1 is 0.892 bits per heavy atom. The molecule has 1 aliphatic rings. The molecule has 4 N–H and O–H groups in total. The van der Waals surface area contributed by atoms with Crippen LogP contribution in [-0.4, -0.2) is 50.2 Å². The van der Waals surface area contributed by atoms with E-state index in [0.29, 0.717) is 11.4 Å². The number of aliphatic hydroxyl groups is 1. The summed E-state index contributed by atoms with van der Waals surface area (Å²) < 4.78 is 1.88. The zero-order valence-corrected chi connectivity index (χ0v) is 20.1. The molecule has 2 aromatic heterocycles. The molecule has 0 radical (unpaired) electrons. The highest BCUT2D eigenvalue weighted by Gasteiger charge is 2.17. The van der Waals surface area contributed by atoms with Crippen LogP contribution >= 0.6 is 0 Å². The van der Waals surface area contributed by atoms with E-state index in [4.69, 9.17) is 0 Å². The van der Waals surface area contributed by atoms with Crippen LogP contribution in [0.2, 0.25) is 0 Å². The quantitative estimate of drug-likeness (QED) is 0.273. The number of hydrogen-bond acceptors (Lipinski definition) is 6. The number of aliphatic hydroxyl groups excluding tert-OH is 1. The van der Waals surface area contributed by atoms with Crippen LogP contribution in [0.25, 0.3) is 16.6 Å². The highest BCUT2D eigenvalue weighted by atomic mass is 16.3. The molecule has 186 valence electrons. The molecule has 0 bridgehead atoms. The number of anilines is 4. The molecule has 5 aromatic rings. The van der Waals surface area contributed by atoms with Gasteiger partial charge >= 0.3 is 0 Å². The van der Waals surface area contributed by atoms with Crippen LogP contribution in [0, 0.1) is 0 Å². The van der Waals surface area contributed by atoms with Crippen LogP contribution in [0.5, 0.6) is 0 Å². The van der Waals surface area contributed by atoms with Gasteiger partial charge in [-0.1, -0.05) is 0 Å². The lowest BCUT2D eigenvalue weighted by molar-refractivity contribution is 0.102. The summed E-state index contributed by atoms with van der Waals surface area (Å²) in [6, 6.07) is 23.7. The van der Waals surface area contributed by atoms with Gasteiger partial charge in [0.25, 0.3) is 5.91 Å². The first kappa shape index (κ1) is 22.8. The molecule has 3 heterocycles. The molecule has 9 heteroatoms. The van der Waals surface area contributed by atoms with E-state index < -0.39 is 0 Å². The molecule has 1 amide bonds. The fraction of sp³-hybridized carbons (Fsp3) is 0.179. The maximum Gasteiger partial charge on any atom is 0.276 e. The highest BCUT2D eigenvalue weighted by molar-refractivity contribution is 6.02. The van der Waals surface area contributed by atoms with Gasteiger partial charge in [-0.3, -0.25) is 9.89 Å². The van der Waals surface area contributed by atoms with Crippen molar-refractivity contribution in [3.63, 3.8) is 0 Å². The maximum atomic E-state index is 12.2. The van der Waals surface area contributed by atoms with Crippen molar-refractivity contribution in [2.24, 2.45) is 0 Å². The van der Waals surface area contributed by atoms with Crippen molar-refractivity contribution in [3.05, 3.63) is 90.9 Å². The van der Waals surface area contributed by atoms with E-state index in [-0.39, 0.29) is 12.0 Å². The van der Waals surface area contributed by atoms with Crippen molar-refractivity contribution in [1.82, 2.24) is 20.0 Å². The Bertz CT molecular complexity index is 1500. The number of carbonyl (C=O) groups is 1. The van der Waals surface area contributed by atoms with E-state index in [1.54, 1.807) is 12.3 Å². The Hall–Kier alpha value is -4.63. The normalized spacial score (nSPS) is 14.1. The smallest absolute Gasteiger partial charge is 0.276 e. The maximum absolute atomic E-state index is 12.2. The van der Waals surface area contributed by atoms with E-state index in [1.165, 1.54) is 5.69 Å². The number of benzene rings is 3. The standard InChI is InChI=1S/C28H27N7O2/c36-25-12-15-34(16-13-25)23-6-1-20(2-7-23)31-22-5-10-27-19(17-22)18-30-35(27)24-8-3-21(4-9-24)32-28(37)26-11-14-29-33-26/h1-11,14,17-18,25,31,36H,12-13,15-16H2,(H,29,33)(H,32,37). The fourth-order valence-corrected chi connectivity index (χ4v) is 4.63. The second kappa shape index (κ2) is 9.79. The summed E-state index contributed by atoms with van der Waals surface area (Å²) >= 11 is 0. The number of nitrogens with one attached hydrogen (secondary N) is 3. The average molecular weight is 494 g/mol. The topological polar surface area (TPSA) is 111 Å². The van der Waals surface area contributed by atoms with Crippen molar-refractivity contribution >= 4 is 39.6 Å². The van der Waals surface area contributed by atoms with Gasteiger partial charge in [-0.15, -0.1) is 0 Å². The summed E-state index contributed by atoms with van der Waals surface area (Å²) in [7, 11) is 0. The summed E-state index contributed by atoms with van der Waals surface area (Å²) in [4.78, 5) is 14.5. The Kier molecular flexibility index (Phi) is 6.03. The monoisotopic (exact) mass is 493 g/mol. The molecule has 37 heavy (non-hydrogen) atoms. The largest absolute Gasteiger partial charge is 0.393 e. The Labute approximate surface area is 213 Å². The van der Waals surface area contributed by atoms with Crippen LogP contribution in [-0.2, 0) is 0 Å². The minimum atomic E-state index is -0.264. The predicted octanol–water partition coefficient (Wildman–Crippen LogP) is 4.71. The second-order valence-corrected chi connectivity index (χ2v) is 9.18. The number of carbonyl (C=O) groups excluding carboxylic acids is 1. The van der Waals surface area contributed by atoms with Crippen LogP contribution in [0.3, 0.4) is 0 Å². The number of hydrogen-bond donors (Lipinski definition) is 4. The molecular weight excluding hydrogens is 466 g/mol. The van der Waals surface area contributed by atoms with Gasteiger partial charge < -0.3 is 20.6 Å². The fourth-order valence-electron chi connectivity index (χ4n) is 4.63. The summed E-state index contributed by atoms with van der Waals surface area (Å²) in [5, 5.41) is 28.2. The summed E-state index contributed by atoms with van der Waals surface area (Å²) in [6.07, 6.45) is 4.93. The third-order valence-corrected chi connectivity index (χ3v) is 6.66. The number of nitrogens with zero attached hydrogens (tertiary/aromatic N) is 4. The number of piperidine rings is 1. The molecule has 0 saturated carbocycles. The number of fused-ring (bicyclic) bond motifs is 1. The minimum absolute atomic E-state index is 0.170. The van der Waals surface area contributed by atoms with E-state index in [2.05, 4.69) is 61.2 Å². The van der Waals surface area contributed by atoms with Gasteiger partial charge in [0.15, 0.2) is 0 Å². The van der Waals surface area contributed by atoms with Crippen LogP contribution in [0.4, 0.5) is 22.7 Å². The van der Waals surface area contributed by atoms with Crippen molar-refractivity contribution in [2.75, 3.05) is 28.6 Å². The van der Waals surface area contributed by atoms with Gasteiger partial charge in [0.05, 0.1) is 23.5 Å². The van der Waals surface area contributed by atoms with Gasteiger partial charge in [-0.2, -0.15) is 10.2 Å². The van der Waals surface area contributed by atoms with Crippen molar-refractivity contribution in [1.29, 1.82) is 0 Å². The minimum Gasteiger partial charge on any atom is -0.393 e. The number of aromatic nitrogens is 4. The lowest BCUT2D eigenvalue weighted by Gasteiger charge is -2.31. The first-order valence-electron chi connectivity index (χ1n) is 12.3. The van der Waals surface area contributed by atoms with E-state index >= 15 is 0 Å². The van der Waals surface area contributed by atoms with Gasteiger partial charge in [-0.25, -0.2) is 4.68 Å². The van der Waals surface area contributed by atoms with Crippen LogP contribution < -0.4 is 15.5 Å². The van der Waals surface area contributed by atoms with Gasteiger partial charge in [-0.05, 0) is 85.6 Å². The molecule has 1 aliphatic heterocycles. The lowest BCUT2D eigenvalue weighted by atomic mass is 10.1. The molecular formula is C28H27N7O2. The SMILES string of the molecule is O=C(Nc1ccc(-n2ncc3cc(Nc4ccc(N5CCC(O)CC5)cc4)ccc32)cc1)c1cc[nH]n1. The molecule has 3 aromatic carbocycles. The molecule has 0 spiro atoms. The highest BCUT2D eigenvalue weighted by Crippen LogP contribution is 2.27. The number of amides is 1. The predicted molar refractivity (Wildman–Crippen MR) is 145 cm³/mol. The third kappa shape index (κ3) is 4.89. The molecule has 0 aliphatic carbocycles. The van der Waals surface area contributed by atoms with E-state index in [0.717, 1.165) is 53.9 Å². The van der Waals surface area contributed by atoms with Crippen LogP contribution in [0.15, 0.2) is 85.2 Å².